The molecule has 1 aromatic carbocycles. The molecule has 3 rings (SSSR count). The van der Waals surface area contributed by atoms with Crippen LogP contribution in [0.5, 0.6) is 0 Å². The molecule has 0 aliphatic rings. The molecule has 3 aromatic rings. The predicted octanol–water partition coefficient (Wildman–Crippen LogP) is 4.00. The molecule has 0 unspecified atom stereocenters. The highest BCUT2D eigenvalue weighted by Crippen LogP contribution is 2.23. The molecule has 10 heteroatoms. The van der Waals surface area contributed by atoms with E-state index in [0.29, 0.717) is 30.7 Å². The summed E-state index contributed by atoms with van der Waals surface area (Å²) < 4.78 is 38.5. The summed E-state index contributed by atoms with van der Waals surface area (Å²) in [6, 6.07) is 11.2. The van der Waals surface area contributed by atoms with Gasteiger partial charge in [-0.25, -0.2) is 9.36 Å². The molecule has 0 aliphatic heterocycles. The molecule has 0 saturated heterocycles. The quantitative estimate of drug-likeness (QED) is 0.139. The molecular formula is C27H33N2O7S+. The number of carboxylic acids is 1. The van der Waals surface area contributed by atoms with Crippen molar-refractivity contribution in [3.8, 4) is 0 Å². The molecule has 0 spiro atoms. The van der Waals surface area contributed by atoms with E-state index < -0.39 is 21.7 Å². The van der Waals surface area contributed by atoms with Gasteiger partial charge in [-0.05, 0) is 56.0 Å². The number of hydrogen-bond acceptors (Lipinski definition) is 6. The molecule has 0 bridgehead atoms. The number of hydrogen-bond donors (Lipinski definition) is 2. The molecule has 0 aliphatic carbocycles. The van der Waals surface area contributed by atoms with Gasteiger partial charge < -0.3 is 14.4 Å². The average Bonchev–Trinajstić information content (AvgIpc) is 2.85. The summed E-state index contributed by atoms with van der Waals surface area (Å²) in [5.41, 5.74) is 2.15. The maximum Gasteiger partial charge on any atom is 0.343 e. The summed E-state index contributed by atoms with van der Waals surface area (Å²) in [5.74, 6) is -1.07. The first kappa shape index (κ1) is 28.1. The molecule has 198 valence electrons. The highest BCUT2D eigenvalue weighted by atomic mass is 32.2. The Morgan fingerprint density at radius 3 is 2.49 bits per heavy atom. The number of rotatable bonds is 14. The molecular weight excluding hydrogens is 496 g/mol. The largest absolute Gasteiger partial charge is 0.481 e. The second-order valence-corrected chi connectivity index (χ2v) is 10.4. The highest BCUT2D eigenvalue weighted by molar-refractivity contribution is 7.85. The second kappa shape index (κ2) is 13.2. The zero-order chi connectivity index (χ0) is 26.8. The Balaban J connectivity index is 1.64. The summed E-state index contributed by atoms with van der Waals surface area (Å²) >= 11 is 0. The lowest BCUT2D eigenvalue weighted by atomic mass is 10.1. The molecule has 0 amide bonds. The first-order chi connectivity index (χ1) is 17.6. The number of aliphatic carboxylic acids is 1. The third-order valence-electron chi connectivity index (χ3n) is 6.00. The number of pyridine rings is 1. The average molecular weight is 530 g/mol. The highest BCUT2D eigenvalue weighted by Gasteiger charge is 2.11. The van der Waals surface area contributed by atoms with Crippen LogP contribution >= 0.6 is 0 Å². The monoisotopic (exact) mass is 529 g/mol. The normalized spacial score (nSPS) is 11.8. The van der Waals surface area contributed by atoms with E-state index in [4.69, 9.17) is 14.1 Å². The van der Waals surface area contributed by atoms with Crippen molar-refractivity contribution < 1.29 is 31.9 Å². The Bertz CT molecular complexity index is 1400. The Morgan fingerprint density at radius 1 is 1.05 bits per heavy atom. The van der Waals surface area contributed by atoms with E-state index in [0.717, 1.165) is 36.0 Å². The number of anilines is 1. The lowest BCUT2D eigenvalue weighted by molar-refractivity contribution is -0.697. The van der Waals surface area contributed by atoms with E-state index in [9.17, 15) is 18.0 Å². The number of nitrogens with zero attached hydrogens (tertiary/aromatic N) is 2. The van der Waals surface area contributed by atoms with E-state index >= 15 is 0 Å². The molecule has 2 aromatic heterocycles. The first-order valence-corrected chi connectivity index (χ1v) is 13.9. The van der Waals surface area contributed by atoms with Crippen LogP contribution in [-0.4, -0.2) is 42.9 Å². The zero-order valence-electron chi connectivity index (χ0n) is 20.9. The Kier molecular flexibility index (Phi) is 9.99. The van der Waals surface area contributed by atoms with Gasteiger partial charge >= 0.3 is 11.6 Å². The fraction of sp³-hybridized carbons (Fsp3) is 0.370. The zero-order valence-corrected chi connectivity index (χ0v) is 21.7. The third kappa shape index (κ3) is 9.14. The van der Waals surface area contributed by atoms with Gasteiger partial charge in [-0.15, -0.1) is 0 Å². The van der Waals surface area contributed by atoms with Gasteiger partial charge in [0.15, 0.2) is 12.4 Å². The van der Waals surface area contributed by atoms with Gasteiger partial charge in [-0.3, -0.25) is 9.35 Å². The van der Waals surface area contributed by atoms with Gasteiger partial charge in [0, 0.05) is 55.2 Å². The minimum absolute atomic E-state index is 0.204. The van der Waals surface area contributed by atoms with Gasteiger partial charge in [0.05, 0.1) is 11.3 Å². The number of fused-ring (bicyclic) bond motifs is 1. The van der Waals surface area contributed by atoms with Crippen molar-refractivity contribution in [1.29, 1.82) is 0 Å². The standard InChI is InChI=1S/C27H32N2O7S/c1-2-29(15-6-18-37(33,34)35)24-11-10-22-19-23(27(32)36-25(22)20-24)9-8-21-12-16-28(17-13-21)14-5-3-4-7-26(30)31/h8-13,16-17,19-20H,2-7,14-15,18H2,1H3,(H-,30,31,33,34,35)/p+1. The van der Waals surface area contributed by atoms with Crippen molar-refractivity contribution >= 4 is 44.9 Å². The number of carbonyl (C=O) groups is 1. The summed E-state index contributed by atoms with van der Waals surface area (Å²) in [4.78, 5) is 25.1. The van der Waals surface area contributed by atoms with Gasteiger partial charge in [0.2, 0.25) is 0 Å². The number of aryl methyl sites for hydroxylation is 1. The Morgan fingerprint density at radius 2 is 1.81 bits per heavy atom. The Hall–Kier alpha value is -3.50. The SMILES string of the molecule is CCN(CCCS(=O)(=O)O)c1ccc2cc(/C=C/c3cc[n+](CCCCCC(=O)O)cc3)c(=O)oc2c1. The smallest absolute Gasteiger partial charge is 0.343 e. The van der Waals surface area contributed by atoms with Crippen molar-refractivity contribution in [2.24, 2.45) is 0 Å². The maximum atomic E-state index is 12.6. The second-order valence-electron chi connectivity index (χ2n) is 8.84. The van der Waals surface area contributed by atoms with E-state index in [1.165, 1.54) is 0 Å². The van der Waals surface area contributed by atoms with Crippen molar-refractivity contribution in [2.45, 2.75) is 45.6 Å². The summed E-state index contributed by atoms with van der Waals surface area (Å²) in [5, 5.41) is 9.46. The van der Waals surface area contributed by atoms with Crippen molar-refractivity contribution in [1.82, 2.24) is 0 Å². The van der Waals surface area contributed by atoms with Crippen LogP contribution in [0.2, 0.25) is 0 Å². The van der Waals surface area contributed by atoms with Crippen LogP contribution < -0.4 is 15.1 Å². The van der Waals surface area contributed by atoms with Crippen molar-refractivity contribution in [3.63, 3.8) is 0 Å². The molecule has 2 N–H and O–H groups in total. The van der Waals surface area contributed by atoms with E-state index in [2.05, 4.69) is 0 Å². The van der Waals surface area contributed by atoms with Gasteiger partial charge in [-0.1, -0.05) is 6.08 Å². The minimum Gasteiger partial charge on any atom is -0.481 e. The minimum atomic E-state index is -4.00. The topological polar surface area (TPSA) is 129 Å². The van der Waals surface area contributed by atoms with Gasteiger partial charge in [-0.2, -0.15) is 8.42 Å². The van der Waals surface area contributed by atoms with Gasteiger partial charge in [0.25, 0.3) is 10.1 Å². The van der Waals surface area contributed by atoms with Gasteiger partial charge in [0.1, 0.15) is 12.1 Å². The van der Waals surface area contributed by atoms with Crippen molar-refractivity contribution in [3.05, 3.63) is 70.3 Å². The van der Waals surface area contributed by atoms with Crippen LogP contribution in [0, 0.1) is 0 Å². The summed E-state index contributed by atoms with van der Waals surface area (Å²) in [7, 11) is -4.00. The summed E-state index contributed by atoms with van der Waals surface area (Å²) in [6.45, 7) is 3.82. The molecule has 0 radical (unpaired) electrons. The number of unbranched alkanes of at least 4 members (excludes halogenated alkanes) is 2. The molecule has 0 fully saturated rings. The number of benzene rings is 1. The lowest BCUT2D eigenvalue weighted by Gasteiger charge is -2.23. The van der Waals surface area contributed by atoms with Crippen LogP contribution in [0.15, 0.2) is 58.0 Å². The number of aromatic nitrogens is 1. The third-order valence-corrected chi connectivity index (χ3v) is 6.81. The number of carboxylic acid groups (broad SMARTS) is 1. The fourth-order valence-corrected chi connectivity index (χ4v) is 4.49. The lowest BCUT2D eigenvalue weighted by Crippen LogP contribution is -2.32. The maximum absolute atomic E-state index is 12.6. The van der Waals surface area contributed by atoms with Crippen LogP contribution in [0.4, 0.5) is 5.69 Å². The molecule has 0 saturated carbocycles. The predicted molar refractivity (Wildman–Crippen MR) is 143 cm³/mol. The van der Waals surface area contributed by atoms with Crippen molar-refractivity contribution in [2.75, 3.05) is 23.7 Å². The van der Waals surface area contributed by atoms with Crippen LogP contribution in [-0.2, 0) is 21.5 Å². The first-order valence-electron chi connectivity index (χ1n) is 12.3. The van der Waals surface area contributed by atoms with E-state index in [1.54, 1.807) is 18.2 Å². The van der Waals surface area contributed by atoms with E-state index in [1.807, 2.05) is 59.1 Å². The van der Waals surface area contributed by atoms with Crippen LogP contribution in [0.1, 0.15) is 50.2 Å². The van der Waals surface area contributed by atoms with E-state index in [-0.39, 0.29) is 18.6 Å². The Labute approximate surface area is 216 Å². The molecule has 9 nitrogen and oxygen atoms in total. The van der Waals surface area contributed by atoms with Crippen LogP contribution in [0.25, 0.3) is 23.1 Å². The molecule has 37 heavy (non-hydrogen) atoms. The fourth-order valence-electron chi connectivity index (χ4n) is 4.00. The molecule has 2 heterocycles. The summed E-state index contributed by atoms with van der Waals surface area (Å²) in [6.07, 6.45) is 10.4. The molecule has 0 atom stereocenters. The van der Waals surface area contributed by atoms with Crippen LogP contribution in [0.3, 0.4) is 0 Å².